The molecule has 0 aromatic carbocycles. The molecule has 2 aromatic rings. The molecule has 7 heteroatoms. The van der Waals surface area contributed by atoms with E-state index in [-0.39, 0.29) is 6.04 Å². The molecule has 0 aliphatic heterocycles. The summed E-state index contributed by atoms with van der Waals surface area (Å²) < 4.78 is 7.97. The van der Waals surface area contributed by atoms with Crippen LogP contribution < -0.4 is 5.32 Å². The summed E-state index contributed by atoms with van der Waals surface area (Å²) in [5.74, 6) is 0. The molecule has 0 amide bonds. The van der Waals surface area contributed by atoms with Crippen LogP contribution in [0.2, 0.25) is 0 Å². The van der Waals surface area contributed by atoms with Crippen LogP contribution in [0.25, 0.3) is 0 Å². The van der Waals surface area contributed by atoms with Crippen molar-refractivity contribution in [2.75, 3.05) is 20.8 Å². The minimum Gasteiger partial charge on any atom is -0.383 e. The van der Waals surface area contributed by atoms with Crippen LogP contribution in [0, 0.1) is 6.92 Å². The zero-order chi connectivity index (χ0) is 14.5. The summed E-state index contributed by atoms with van der Waals surface area (Å²) in [5, 5.41) is 7.63. The number of nitrogens with one attached hydrogen (secondary N) is 1. The van der Waals surface area contributed by atoms with Gasteiger partial charge in [-0.05, 0) is 29.9 Å². The molecule has 0 saturated heterocycles. The summed E-state index contributed by atoms with van der Waals surface area (Å²) in [4.78, 5) is 8.76. The van der Waals surface area contributed by atoms with Gasteiger partial charge in [0.15, 0.2) is 0 Å². The van der Waals surface area contributed by atoms with Gasteiger partial charge in [0.1, 0.15) is 0 Å². The summed E-state index contributed by atoms with van der Waals surface area (Å²) in [6.07, 6.45) is 5.34. The Hall–Kier alpha value is -1.31. The van der Waals surface area contributed by atoms with E-state index in [1.807, 2.05) is 18.7 Å². The summed E-state index contributed by atoms with van der Waals surface area (Å²) in [6, 6.07) is -0.0724. The highest BCUT2D eigenvalue weighted by Gasteiger charge is 2.21. The summed E-state index contributed by atoms with van der Waals surface area (Å²) in [5.41, 5.74) is 2.77. The maximum Gasteiger partial charge on any atom is 0.0946 e. The van der Waals surface area contributed by atoms with Crippen LogP contribution in [0.3, 0.4) is 0 Å². The molecule has 0 bridgehead atoms. The molecule has 2 aromatic heterocycles. The molecule has 2 heterocycles. The maximum atomic E-state index is 5.12. The van der Waals surface area contributed by atoms with E-state index in [0.29, 0.717) is 13.2 Å². The van der Waals surface area contributed by atoms with Crippen molar-refractivity contribution in [2.24, 2.45) is 0 Å². The Morgan fingerprint density at radius 1 is 1.35 bits per heavy atom. The molecule has 0 radical (unpaired) electrons. The first kappa shape index (κ1) is 15.1. The van der Waals surface area contributed by atoms with Crippen molar-refractivity contribution in [2.45, 2.75) is 19.5 Å². The third-order valence-electron chi connectivity index (χ3n) is 3.00. The zero-order valence-corrected chi connectivity index (χ0v) is 13.4. The van der Waals surface area contributed by atoms with Gasteiger partial charge < -0.3 is 10.1 Å². The first-order chi connectivity index (χ1) is 9.67. The highest BCUT2D eigenvalue weighted by molar-refractivity contribution is 9.10. The lowest BCUT2D eigenvalue weighted by atomic mass is 10.1. The summed E-state index contributed by atoms with van der Waals surface area (Å²) in [6.45, 7) is 3.22. The Morgan fingerprint density at radius 2 is 2.15 bits per heavy atom. The molecule has 1 N–H and O–H groups in total. The third-order valence-corrected chi connectivity index (χ3v) is 3.61. The number of methoxy groups -OCH3 is 1. The van der Waals surface area contributed by atoms with Crippen LogP contribution in [0.5, 0.6) is 0 Å². The monoisotopic (exact) mass is 339 g/mol. The molecule has 0 fully saturated rings. The van der Waals surface area contributed by atoms with Gasteiger partial charge in [0.25, 0.3) is 0 Å². The minimum atomic E-state index is -0.0724. The Morgan fingerprint density at radius 3 is 2.75 bits per heavy atom. The Bertz CT molecular complexity index is 554. The van der Waals surface area contributed by atoms with Gasteiger partial charge in [-0.2, -0.15) is 5.10 Å². The highest BCUT2D eigenvalue weighted by Crippen LogP contribution is 2.27. The summed E-state index contributed by atoms with van der Waals surface area (Å²) in [7, 11) is 3.57. The fraction of sp³-hybridized carbons (Fsp3) is 0.462. The molecule has 108 valence electrons. The van der Waals surface area contributed by atoms with Crippen LogP contribution in [0.1, 0.15) is 23.1 Å². The predicted molar refractivity (Wildman–Crippen MR) is 79.5 cm³/mol. The lowest BCUT2D eigenvalue weighted by Gasteiger charge is -2.18. The van der Waals surface area contributed by atoms with Crippen molar-refractivity contribution in [3.63, 3.8) is 0 Å². The van der Waals surface area contributed by atoms with E-state index in [1.54, 1.807) is 25.7 Å². The fourth-order valence-electron chi connectivity index (χ4n) is 1.99. The summed E-state index contributed by atoms with van der Waals surface area (Å²) >= 11 is 3.55. The van der Waals surface area contributed by atoms with Crippen molar-refractivity contribution in [1.82, 2.24) is 25.1 Å². The molecular weight excluding hydrogens is 322 g/mol. The second-order valence-electron chi connectivity index (χ2n) is 4.40. The van der Waals surface area contributed by atoms with Gasteiger partial charge in [-0.25, -0.2) is 0 Å². The molecule has 0 saturated carbocycles. The molecular formula is C13H18BrN5O. The number of hydrogen-bond acceptors (Lipinski definition) is 5. The number of ether oxygens (including phenoxy) is 1. The molecule has 0 aliphatic rings. The highest BCUT2D eigenvalue weighted by atomic mass is 79.9. The second kappa shape index (κ2) is 6.92. The smallest absolute Gasteiger partial charge is 0.0946 e. The largest absolute Gasteiger partial charge is 0.383 e. The van der Waals surface area contributed by atoms with Gasteiger partial charge in [0.05, 0.1) is 53.1 Å². The Labute approximate surface area is 126 Å². The van der Waals surface area contributed by atoms with Crippen molar-refractivity contribution < 1.29 is 4.74 Å². The van der Waals surface area contributed by atoms with Gasteiger partial charge in [-0.15, -0.1) is 0 Å². The van der Waals surface area contributed by atoms with E-state index < -0.39 is 0 Å². The van der Waals surface area contributed by atoms with E-state index in [4.69, 9.17) is 4.74 Å². The first-order valence-corrected chi connectivity index (χ1v) is 7.12. The van der Waals surface area contributed by atoms with Gasteiger partial charge in [-0.3, -0.25) is 14.6 Å². The minimum absolute atomic E-state index is 0.0724. The van der Waals surface area contributed by atoms with Crippen LogP contribution in [-0.4, -0.2) is 40.5 Å². The maximum absolute atomic E-state index is 5.12. The number of nitrogens with zero attached hydrogens (tertiary/aromatic N) is 4. The van der Waals surface area contributed by atoms with Crippen molar-refractivity contribution in [1.29, 1.82) is 0 Å². The number of halogens is 1. The Balaban J connectivity index is 2.35. The third kappa shape index (κ3) is 3.23. The zero-order valence-electron chi connectivity index (χ0n) is 11.8. The first-order valence-electron chi connectivity index (χ1n) is 6.33. The predicted octanol–water partition coefficient (Wildman–Crippen LogP) is 1.70. The Kier molecular flexibility index (Phi) is 5.22. The molecule has 1 atom stereocenters. The van der Waals surface area contributed by atoms with Crippen LogP contribution in [0.15, 0.2) is 23.1 Å². The van der Waals surface area contributed by atoms with Gasteiger partial charge in [0, 0.05) is 13.3 Å². The SMILES string of the molecule is CNC(c1cnc(C)cn1)c1c(Br)cnn1CCOC. The molecule has 0 aliphatic carbocycles. The standard InChI is InChI=1S/C13H18BrN5O/c1-9-6-17-11(8-16-9)12(15-2)13-10(14)7-18-19(13)4-5-20-3/h6-8,12,15H,4-5H2,1-3H3. The number of aromatic nitrogens is 4. The molecule has 2 rings (SSSR count). The van der Waals surface area contributed by atoms with Crippen molar-refractivity contribution in [3.05, 3.63) is 40.1 Å². The number of rotatable bonds is 6. The second-order valence-corrected chi connectivity index (χ2v) is 5.25. The fourth-order valence-corrected chi connectivity index (χ4v) is 2.52. The molecule has 20 heavy (non-hydrogen) atoms. The van der Waals surface area contributed by atoms with E-state index >= 15 is 0 Å². The average molecular weight is 340 g/mol. The van der Waals surface area contributed by atoms with E-state index in [1.165, 1.54) is 0 Å². The molecule has 6 nitrogen and oxygen atoms in total. The van der Waals surface area contributed by atoms with Gasteiger partial charge in [-0.1, -0.05) is 0 Å². The number of hydrogen-bond donors (Lipinski definition) is 1. The van der Waals surface area contributed by atoms with E-state index in [9.17, 15) is 0 Å². The quantitative estimate of drug-likeness (QED) is 0.867. The van der Waals surface area contributed by atoms with Gasteiger partial charge >= 0.3 is 0 Å². The van der Waals surface area contributed by atoms with Crippen LogP contribution >= 0.6 is 15.9 Å². The van der Waals surface area contributed by atoms with Gasteiger partial charge in [0.2, 0.25) is 0 Å². The molecule has 1 unspecified atom stereocenters. The molecule has 0 spiro atoms. The van der Waals surface area contributed by atoms with E-state index in [0.717, 1.165) is 21.6 Å². The topological polar surface area (TPSA) is 64.9 Å². The lowest BCUT2D eigenvalue weighted by Crippen LogP contribution is -2.24. The normalized spacial score (nSPS) is 12.6. The van der Waals surface area contributed by atoms with E-state index in [2.05, 4.69) is 36.3 Å². The van der Waals surface area contributed by atoms with Crippen LogP contribution in [0.4, 0.5) is 0 Å². The van der Waals surface area contributed by atoms with Crippen LogP contribution in [-0.2, 0) is 11.3 Å². The lowest BCUT2D eigenvalue weighted by molar-refractivity contribution is 0.182. The van der Waals surface area contributed by atoms with Crippen molar-refractivity contribution in [3.8, 4) is 0 Å². The number of aryl methyl sites for hydroxylation is 1. The average Bonchev–Trinajstić information content (AvgIpc) is 2.81. The van der Waals surface area contributed by atoms with Crippen molar-refractivity contribution >= 4 is 15.9 Å².